The number of unbranched alkanes of at least 4 members (excludes halogenated alkanes) is 11. The molecule has 1 heterocycles. The fraction of sp³-hybridized carbons (Fsp3) is 0.432. The zero-order valence-electron chi connectivity index (χ0n) is 25.1. The van der Waals surface area contributed by atoms with Crippen LogP contribution in [0.2, 0.25) is 0 Å². The Bertz CT molecular complexity index is 1380. The van der Waals surface area contributed by atoms with Gasteiger partial charge in [-0.05, 0) is 36.2 Å². The molecule has 0 N–H and O–H groups in total. The summed E-state index contributed by atoms with van der Waals surface area (Å²) >= 11 is 0. The van der Waals surface area contributed by atoms with Crippen LogP contribution in [0, 0.1) is 0 Å². The van der Waals surface area contributed by atoms with Crippen LogP contribution >= 0.6 is 0 Å². The molecule has 0 saturated carbocycles. The summed E-state index contributed by atoms with van der Waals surface area (Å²) in [6.45, 7) is 3.44. The molecule has 0 aliphatic heterocycles. The highest BCUT2D eigenvalue weighted by atomic mass is 16.5. The minimum Gasteiger partial charge on any atom is -0.497 e. The van der Waals surface area contributed by atoms with Crippen molar-refractivity contribution in [3.63, 3.8) is 0 Å². The first-order valence-electron chi connectivity index (χ1n) is 15.7. The van der Waals surface area contributed by atoms with Crippen LogP contribution in [0.4, 0.5) is 0 Å². The quantitative estimate of drug-likeness (QED) is 0.115. The van der Waals surface area contributed by atoms with Gasteiger partial charge in [-0.25, -0.2) is 0 Å². The first kappa shape index (κ1) is 30.4. The summed E-state index contributed by atoms with van der Waals surface area (Å²) in [5, 5.41) is 0.704. The second-order valence-electron chi connectivity index (χ2n) is 11.1. The number of para-hydroxylation sites is 1. The summed E-state index contributed by atoms with van der Waals surface area (Å²) in [5.41, 5.74) is 3.77. The molecule has 41 heavy (non-hydrogen) atoms. The zero-order chi connectivity index (χ0) is 28.7. The molecule has 3 aromatic carbocycles. The maximum Gasteiger partial charge on any atom is 0.231 e. The lowest BCUT2D eigenvalue weighted by atomic mass is 10.0. The van der Waals surface area contributed by atoms with Gasteiger partial charge in [0.15, 0.2) is 5.75 Å². The van der Waals surface area contributed by atoms with Crippen molar-refractivity contribution >= 4 is 10.9 Å². The summed E-state index contributed by atoms with van der Waals surface area (Å²) < 4.78 is 14.0. The highest BCUT2D eigenvalue weighted by molar-refractivity contribution is 5.86. The molecular formula is C37H47NO3. The lowest BCUT2D eigenvalue weighted by molar-refractivity contribution is 0.302. The second kappa shape index (κ2) is 16.7. The van der Waals surface area contributed by atoms with Crippen molar-refractivity contribution < 1.29 is 9.47 Å². The fourth-order valence-corrected chi connectivity index (χ4v) is 5.61. The van der Waals surface area contributed by atoms with Crippen molar-refractivity contribution in [2.24, 2.45) is 0 Å². The maximum atomic E-state index is 13.8. The first-order chi connectivity index (χ1) is 20.2. The van der Waals surface area contributed by atoms with E-state index in [2.05, 4.69) is 29.7 Å². The van der Waals surface area contributed by atoms with Crippen LogP contribution in [0.5, 0.6) is 11.5 Å². The number of rotatable bonds is 18. The number of fused-ring (bicyclic) bond motifs is 1. The van der Waals surface area contributed by atoms with Gasteiger partial charge in [0.1, 0.15) is 12.4 Å². The number of methoxy groups -OCH3 is 1. The molecule has 0 radical (unpaired) electrons. The standard InChI is InChI=1S/C37H47NO3/c1-3-4-5-6-7-8-9-10-11-12-13-19-28-38-34-23-18-17-22-33(34)36(39)37(35(38)31-20-15-14-16-21-31)41-29-30-24-26-32(40-2)27-25-30/h14-18,20-27H,3-13,19,28-29H2,1-2H3. The Morgan fingerprint density at radius 3 is 1.88 bits per heavy atom. The fourth-order valence-electron chi connectivity index (χ4n) is 5.61. The average molecular weight is 554 g/mol. The van der Waals surface area contributed by atoms with Gasteiger partial charge >= 0.3 is 0 Å². The number of ether oxygens (including phenoxy) is 2. The van der Waals surface area contributed by atoms with E-state index >= 15 is 0 Å². The van der Waals surface area contributed by atoms with Gasteiger partial charge in [-0.3, -0.25) is 4.79 Å². The maximum absolute atomic E-state index is 13.8. The third-order valence-corrected chi connectivity index (χ3v) is 7.96. The Kier molecular flexibility index (Phi) is 12.4. The zero-order valence-corrected chi connectivity index (χ0v) is 25.1. The summed E-state index contributed by atoms with van der Waals surface area (Å²) in [7, 11) is 1.66. The molecule has 0 saturated heterocycles. The Balaban J connectivity index is 1.48. The molecule has 0 spiro atoms. The van der Waals surface area contributed by atoms with Crippen LogP contribution in [-0.4, -0.2) is 11.7 Å². The molecule has 4 rings (SSSR count). The number of pyridine rings is 1. The number of nitrogens with zero attached hydrogens (tertiary/aromatic N) is 1. The monoisotopic (exact) mass is 553 g/mol. The van der Waals surface area contributed by atoms with Gasteiger partial charge in [0.05, 0.1) is 18.3 Å². The SMILES string of the molecule is CCCCCCCCCCCCCCn1c(-c2ccccc2)c(OCc2ccc(OC)cc2)c(=O)c2ccccc21. The van der Waals surface area contributed by atoms with E-state index in [9.17, 15) is 4.79 Å². The third kappa shape index (κ3) is 8.73. The van der Waals surface area contributed by atoms with Crippen molar-refractivity contribution in [3.8, 4) is 22.8 Å². The molecule has 4 nitrogen and oxygen atoms in total. The smallest absolute Gasteiger partial charge is 0.231 e. The van der Waals surface area contributed by atoms with E-state index in [0.717, 1.165) is 41.1 Å². The topological polar surface area (TPSA) is 40.5 Å². The highest BCUT2D eigenvalue weighted by Gasteiger charge is 2.20. The second-order valence-corrected chi connectivity index (χ2v) is 11.1. The molecule has 4 heteroatoms. The molecule has 0 unspecified atom stereocenters. The summed E-state index contributed by atoms with van der Waals surface area (Å²) in [6, 6.07) is 25.9. The molecule has 0 atom stereocenters. The van der Waals surface area contributed by atoms with Crippen molar-refractivity contribution in [3.05, 3.63) is 94.6 Å². The van der Waals surface area contributed by atoms with Crippen LogP contribution in [-0.2, 0) is 13.2 Å². The molecule has 0 bridgehead atoms. The van der Waals surface area contributed by atoms with Crippen molar-refractivity contribution in [2.45, 2.75) is 97.1 Å². The minimum absolute atomic E-state index is 0.0566. The van der Waals surface area contributed by atoms with Crippen LogP contribution in [0.15, 0.2) is 83.7 Å². The van der Waals surface area contributed by atoms with Gasteiger partial charge in [-0.1, -0.05) is 132 Å². The van der Waals surface area contributed by atoms with Gasteiger partial charge in [-0.15, -0.1) is 0 Å². The first-order valence-corrected chi connectivity index (χ1v) is 15.7. The van der Waals surface area contributed by atoms with E-state index in [1.807, 2.05) is 60.7 Å². The molecule has 0 amide bonds. The van der Waals surface area contributed by atoms with E-state index in [4.69, 9.17) is 9.47 Å². The molecular weight excluding hydrogens is 506 g/mol. The van der Waals surface area contributed by atoms with E-state index in [1.54, 1.807) is 7.11 Å². The van der Waals surface area contributed by atoms with Gasteiger partial charge in [-0.2, -0.15) is 0 Å². The van der Waals surface area contributed by atoms with Crippen molar-refractivity contribution in [1.82, 2.24) is 4.57 Å². The Morgan fingerprint density at radius 1 is 0.659 bits per heavy atom. The lowest BCUT2D eigenvalue weighted by Crippen LogP contribution is -2.17. The Hall–Kier alpha value is -3.53. The molecule has 218 valence electrons. The third-order valence-electron chi connectivity index (χ3n) is 7.96. The van der Waals surface area contributed by atoms with E-state index in [0.29, 0.717) is 17.7 Å². The number of hydrogen-bond donors (Lipinski definition) is 0. The van der Waals surface area contributed by atoms with Gasteiger partial charge in [0, 0.05) is 17.5 Å². The van der Waals surface area contributed by atoms with Crippen LogP contribution in [0.3, 0.4) is 0 Å². The number of aromatic nitrogens is 1. The predicted octanol–water partition coefficient (Wildman–Crippen LogP) is 9.96. The van der Waals surface area contributed by atoms with Gasteiger partial charge in [0.25, 0.3) is 0 Å². The highest BCUT2D eigenvalue weighted by Crippen LogP contribution is 2.32. The van der Waals surface area contributed by atoms with E-state index in [1.165, 1.54) is 70.6 Å². The Labute approximate surface area is 246 Å². The lowest BCUT2D eigenvalue weighted by Gasteiger charge is -2.21. The summed E-state index contributed by atoms with van der Waals surface area (Å²) in [4.78, 5) is 13.8. The van der Waals surface area contributed by atoms with Crippen LogP contribution < -0.4 is 14.9 Å². The molecule has 1 aromatic heterocycles. The average Bonchev–Trinajstić information content (AvgIpc) is 3.02. The van der Waals surface area contributed by atoms with Gasteiger partial charge in [0.2, 0.25) is 5.43 Å². The van der Waals surface area contributed by atoms with Gasteiger partial charge < -0.3 is 14.0 Å². The number of benzene rings is 3. The molecule has 0 fully saturated rings. The molecule has 0 aliphatic carbocycles. The largest absolute Gasteiger partial charge is 0.497 e. The van der Waals surface area contributed by atoms with E-state index < -0.39 is 0 Å². The molecule has 4 aromatic rings. The number of aryl methyl sites for hydroxylation is 1. The van der Waals surface area contributed by atoms with Crippen molar-refractivity contribution in [1.29, 1.82) is 0 Å². The normalized spacial score (nSPS) is 11.2. The Morgan fingerprint density at radius 2 is 1.24 bits per heavy atom. The summed E-state index contributed by atoms with van der Waals surface area (Å²) in [5.74, 6) is 1.22. The molecule has 0 aliphatic rings. The minimum atomic E-state index is -0.0566. The van der Waals surface area contributed by atoms with E-state index in [-0.39, 0.29) is 5.43 Å². The van der Waals surface area contributed by atoms with Crippen LogP contribution in [0.1, 0.15) is 89.5 Å². The van der Waals surface area contributed by atoms with Crippen LogP contribution in [0.25, 0.3) is 22.2 Å². The number of hydrogen-bond acceptors (Lipinski definition) is 3. The summed E-state index contributed by atoms with van der Waals surface area (Å²) in [6.07, 6.45) is 15.8. The van der Waals surface area contributed by atoms with Crippen molar-refractivity contribution in [2.75, 3.05) is 7.11 Å². The predicted molar refractivity (Wildman–Crippen MR) is 172 cm³/mol.